The van der Waals surface area contributed by atoms with Gasteiger partial charge >= 0.3 is 5.97 Å². The van der Waals surface area contributed by atoms with E-state index in [0.29, 0.717) is 36.2 Å². The van der Waals surface area contributed by atoms with E-state index >= 15 is 0 Å². The summed E-state index contributed by atoms with van der Waals surface area (Å²) in [6, 6.07) is 8.84. The molecule has 2 heterocycles. The van der Waals surface area contributed by atoms with Gasteiger partial charge in [0.25, 0.3) is 0 Å². The number of aromatic hydroxyl groups is 1. The van der Waals surface area contributed by atoms with Gasteiger partial charge in [-0.3, -0.25) is 4.79 Å². The van der Waals surface area contributed by atoms with Gasteiger partial charge in [0.15, 0.2) is 5.65 Å². The Morgan fingerprint density at radius 3 is 2.87 bits per heavy atom. The van der Waals surface area contributed by atoms with Gasteiger partial charge in [0.05, 0.1) is 11.6 Å². The molecule has 6 heteroatoms. The fraction of sp³-hybridized carbons (Fsp3) is 0.235. The molecule has 0 amide bonds. The average Bonchev–Trinajstić information content (AvgIpc) is 2.92. The van der Waals surface area contributed by atoms with Crippen LogP contribution in [0, 0.1) is 5.92 Å². The number of phenolic OH excluding ortho intramolecular Hbond substituents is 1. The van der Waals surface area contributed by atoms with Gasteiger partial charge in [0, 0.05) is 16.6 Å². The van der Waals surface area contributed by atoms with E-state index in [4.69, 9.17) is 0 Å². The van der Waals surface area contributed by atoms with Crippen molar-refractivity contribution in [1.29, 1.82) is 0 Å². The van der Waals surface area contributed by atoms with Gasteiger partial charge in [-0.15, -0.1) is 10.2 Å². The monoisotopic (exact) mass is 309 g/mol. The Morgan fingerprint density at radius 2 is 2.09 bits per heavy atom. The molecule has 1 aliphatic carbocycles. The molecule has 0 saturated heterocycles. The molecule has 0 spiro atoms. The summed E-state index contributed by atoms with van der Waals surface area (Å²) >= 11 is 0. The van der Waals surface area contributed by atoms with Crippen LogP contribution in [0.1, 0.15) is 17.7 Å². The number of aryl methyl sites for hydroxylation is 1. The van der Waals surface area contributed by atoms with Crippen molar-refractivity contribution in [2.75, 3.05) is 0 Å². The molecule has 0 radical (unpaired) electrons. The van der Waals surface area contributed by atoms with Gasteiger partial charge in [-0.05, 0) is 43.0 Å². The number of nitrogens with one attached hydrogen (secondary N) is 1. The van der Waals surface area contributed by atoms with Crippen molar-refractivity contribution in [3.63, 3.8) is 0 Å². The normalized spacial score (nSPS) is 17.1. The lowest BCUT2D eigenvalue weighted by atomic mass is 9.86. The van der Waals surface area contributed by atoms with Gasteiger partial charge in [-0.2, -0.15) is 0 Å². The summed E-state index contributed by atoms with van der Waals surface area (Å²) in [5, 5.41) is 28.5. The van der Waals surface area contributed by atoms with Crippen LogP contribution in [0.3, 0.4) is 0 Å². The Bertz CT molecular complexity index is 917. The zero-order chi connectivity index (χ0) is 16.0. The predicted octanol–water partition coefficient (Wildman–Crippen LogP) is 2.52. The van der Waals surface area contributed by atoms with Crippen molar-refractivity contribution in [3.05, 3.63) is 41.6 Å². The topological polar surface area (TPSA) is 99.1 Å². The lowest BCUT2D eigenvalue weighted by Gasteiger charge is -2.18. The molecule has 6 nitrogen and oxygen atoms in total. The molecule has 116 valence electrons. The fourth-order valence-corrected chi connectivity index (χ4v) is 3.24. The number of carboxylic acids is 1. The number of nitrogens with zero attached hydrogens (tertiary/aromatic N) is 2. The number of aromatic amines is 1. The highest BCUT2D eigenvalue weighted by Crippen LogP contribution is 2.34. The first kappa shape index (κ1) is 13.8. The van der Waals surface area contributed by atoms with Crippen LogP contribution >= 0.6 is 0 Å². The number of aliphatic carboxylic acids is 1. The maximum absolute atomic E-state index is 11.3. The molecule has 4 rings (SSSR count). The summed E-state index contributed by atoms with van der Waals surface area (Å²) in [5.74, 6) is -0.967. The molecule has 3 N–H and O–H groups in total. The summed E-state index contributed by atoms with van der Waals surface area (Å²) in [4.78, 5) is 14.5. The van der Waals surface area contributed by atoms with Crippen LogP contribution in [0.4, 0.5) is 0 Å². The van der Waals surface area contributed by atoms with Gasteiger partial charge in [0.2, 0.25) is 0 Å². The summed E-state index contributed by atoms with van der Waals surface area (Å²) < 4.78 is 0. The zero-order valence-corrected chi connectivity index (χ0v) is 12.3. The van der Waals surface area contributed by atoms with Crippen molar-refractivity contribution in [3.8, 4) is 17.0 Å². The van der Waals surface area contributed by atoms with Crippen molar-refractivity contribution >= 4 is 17.0 Å². The van der Waals surface area contributed by atoms with E-state index in [0.717, 1.165) is 16.6 Å². The Balaban J connectivity index is 1.85. The third-order valence-electron chi connectivity index (χ3n) is 4.48. The number of benzene rings is 1. The van der Waals surface area contributed by atoms with E-state index in [1.165, 1.54) is 0 Å². The minimum Gasteiger partial charge on any atom is -0.507 e. The number of phenols is 1. The van der Waals surface area contributed by atoms with Crippen molar-refractivity contribution < 1.29 is 15.0 Å². The Kier molecular flexibility index (Phi) is 3.04. The molecule has 1 aromatic carbocycles. The molecule has 2 aromatic heterocycles. The molecular formula is C17H15N3O3. The molecular weight excluding hydrogens is 294 g/mol. The number of para-hydroxylation sites is 1. The van der Waals surface area contributed by atoms with Gasteiger partial charge in [-0.1, -0.05) is 12.1 Å². The largest absolute Gasteiger partial charge is 0.507 e. The first-order chi connectivity index (χ1) is 11.1. The number of H-pyrrole nitrogens is 1. The molecule has 1 atom stereocenters. The number of carboxylic acid groups (broad SMARTS) is 1. The Labute approximate surface area is 131 Å². The van der Waals surface area contributed by atoms with Gasteiger partial charge < -0.3 is 15.2 Å². The second-order valence-corrected chi connectivity index (χ2v) is 5.87. The fourth-order valence-electron chi connectivity index (χ4n) is 3.24. The number of fused-ring (bicyclic) bond motifs is 3. The van der Waals surface area contributed by atoms with Crippen LogP contribution < -0.4 is 0 Å². The SMILES string of the molecule is O=C(O)[C@@H]1CCc2[nH]c3nnc(-c4ccccc4O)cc3c2C1. The molecule has 0 unspecified atom stereocenters. The third-order valence-corrected chi connectivity index (χ3v) is 4.48. The highest BCUT2D eigenvalue weighted by molar-refractivity contribution is 5.86. The maximum Gasteiger partial charge on any atom is 0.306 e. The number of hydrogen-bond donors (Lipinski definition) is 3. The van der Waals surface area contributed by atoms with Crippen LogP contribution in [0.25, 0.3) is 22.3 Å². The molecule has 0 saturated carbocycles. The summed E-state index contributed by atoms with van der Waals surface area (Å²) in [6.07, 6.45) is 1.83. The van der Waals surface area contributed by atoms with Gasteiger partial charge in [0.1, 0.15) is 5.75 Å². The number of aromatic nitrogens is 3. The van der Waals surface area contributed by atoms with E-state index in [-0.39, 0.29) is 11.7 Å². The van der Waals surface area contributed by atoms with Crippen molar-refractivity contribution in [2.45, 2.75) is 19.3 Å². The van der Waals surface area contributed by atoms with Crippen LogP contribution in [0.2, 0.25) is 0 Å². The minimum absolute atomic E-state index is 0.147. The van der Waals surface area contributed by atoms with E-state index in [2.05, 4.69) is 15.2 Å². The van der Waals surface area contributed by atoms with Crippen molar-refractivity contribution in [2.24, 2.45) is 5.92 Å². The second kappa shape index (κ2) is 5.08. The lowest BCUT2D eigenvalue weighted by molar-refractivity contribution is -0.142. The lowest BCUT2D eigenvalue weighted by Crippen LogP contribution is -2.21. The number of carbonyl (C=O) groups is 1. The molecule has 0 aliphatic heterocycles. The molecule has 0 fully saturated rings. The smallest absolute Gasteiger partial charge is 0.306 e. The maximum atomic E-state index is 11.3. The van der Waals surface area contributed by atoms with Crippen LogP contribution in [0.5, 0.6) is 5.75 Å². The predicted molar refractivity (Wildman–Crippen MR) is 84.1 cm³/mol. The zero-order valence-electron chi connectivity index (χ0n) is 12.3. The first-order valence-corrected chi connectivity index (χ1v) is 7.52. The second-order valence-electron chi connectivity index (χ2n) is 5.87. The summed E-state index contributed by atoms with van der Waals surface area (Å²) in [7, 11) is 0. The van der Waals surface area contributed by atoms with E-state index in [1.807, 2.05) is 12.1 Å². The first-order valence-electron chi connectivity index (χ1n) is 7.52. The average molecular weight is 309 g/mol. The Hall–Kier alpha value is -2.89. The number of hydrogen-bond acceptors (Lipinski definition) is 4. The minimum atomic E-state index is -0.757. The van der Waals surface area contributed by atoms with E-state index in [9.17, 15) is 15.0 Å². The van der Waals surface area contributed by atoms with Crippen LogP contribution in [-0.2, 0) is 17.6 Å². The van der Waals surface area contributed by atoms with Gasteiger partial charge in [-0.25, -0.2) is 0 Å². The third kappa shape index (κ3) is 2.23. The van der Waals surface area contributed by atoms with E-state index < -0.39 is 5.97 Å². The summed E-state index contributed by atoms with van der Waals surface area (Å²) in [5.41, 5.74) is 3.91. The number of rotatable bonds is 2. The quantitative estimate of drug-likeness (QED) is 0.675. The molecule has 1 aliphatic rings. The summed E-state index contributed by atoms with van der Waals surface area (Å²) in [6.45, 7) is 0. The van der Waals surface area contributed by atoms with Crippen molar-refractivity contribution in [1.82, 2.24) is 15.2 Å². The molecule has 3 aromatic rings. The standard InChI is InChI=1S/C17H15N3O3/c21-15-4-2-1-3-10(15)14-8-12-11-7-9(17(22)23)5-6-13(11)18-16(12)20-19-14/h1-4,8-9,21H,5-7H2,(H,18,20)(H,22,23)/t9-/m1/s1. The Morgan fingerprint density at radius 1 is 1.26 bits per heavy atom. The highest BCUT2D eigenvalue weighted by atomic mass is 16.4. The highest BCUT2D eigenvalue weighted by Gasteiger charge is 2.27. The van der Waals surface area contributed by atoms with E-state index in [1.54, 1.807) is 18.2 Å². The van der Waals surface area contributed by atoms with Crippen LogP contribution in [0.15, 0.2) is 30.3 Å². The van der Waals surface area contributed by atoms with Crippen LogP contribution in [-0.4, -0.2) is 31.4 Å². The molecule has 23 heavy (non-hydrogen) atoms. The molecule has 0 bridgehead atoms.